The van der Waals surface area contributed by atoms with E-state index in [2.05, 4.69) is 6.58 Å². The van der Waals surface area contributed by atoms with Crippen LogP contribution in [0.2, 0.25) is 0 Å². The maximum Gasteiger partial charge on any atom is 0.271 e. The van der Waals surface area contributed by atoms with Gasteiger partial charge in [-0.1, -0.05) is 19.9 Å². The molecular weight excluding hydrogens is 242 g/mol. The van der Waals surface area contributed by atoms with Crippen LogP contribution in [0.1, 0.15) is 26.7 Å². The summed E-state index contributed by atoms with van der Waals surface area (Å²) in [6.45, 7) is 7.99. The lowest BCUT2D eigenvalue weighted by Gasteiger charge is -2.41. The Bertz CT molecular complexity index is 506. The quantitative estimate of drug-likeness (QED) is 0.848. The molecule has 1 amide bonds. The zero-order valence-electron chi connectivity index (χ0n) is 11.3. The largest absolute Gasteiger partial charge is 0.508 e. The molecule has 0 saturated heterocycles. The van der Waals surface area contributed by atoms with Crippen molar-refractivity contribution in [1.82, 2.24) is 0 Å². The number of benzene rings is 1. The van der Waals surface area contributed by atoms with E-state index in [4.69, 9.17) is 4.74 Å². The predicted molar refractivity (Wildman–Crippen MR) is 74.6 cm³/mol. The number of hydrogen-bond acceptors (Lipinski definition) is 3. The Hall–Kier alpha value is -1.97. The van der Waals surface area contributed by atoms with Crippen LogP contribution in [0.25, 0.3) is 0 Å². The molecule has 19 heavy (non-hydrogen) atoms. The number of carbonyl (C=O) groups excluding carboxylic acids is 1. The van der Waals surface area contributed by atoms with Crippen LogP contribution in [0.4, 0.5) is 5.69 Å². The summed E-state index contributed by atoms with van der Waals surface area (Å²) in [7, 11) is 0. The zero-order chi connectivity index (χ0) is 14.0. The monoisotopic (exact) mass is 261 g/mol. The third-order valence-corrected chi connectivity index (χ3v) is 3.63. The summed E-state index contributed by atoms with van der Waals surface area (Å²) in [5.41, 5.74) is -0.163. The lowest BCUT2D eigenvalue weighted by molar-refractivity contribution is -0.136. The molecule has 0 radical (unpaired) electrons. The smallest absolute Gasteiger partial charge is 0.271 e. The fraction of sp³-hybridized carbons (Fsp3) is 0.400. The highest BCUT2D eigenvalue weighted by Gasteiger charge is 2.45. The number of carbonyl (C=O) groups is 1. The number of nitrogens with zero attached hydrogens (tertiary/aromatic N) is 1. The van der Waals surface area contributed by atoms with Crippen LogP contribution in [0.15, 0.2) is 30.9 Å². The Morgan fingerprint density at radius 2 is 2.11 bits per heavy atom. The van der Waals surface area contributed by atoms with Crippen LogP contribution in [0.5, 0.6) is 11.5 Å². The maximum absolute atomic E-state index is 12.6. The van der Waals surface area contributed by atoms with E-state index in [1.165, 1.54) is 0 Å². The molecule has 1 N–H and O–H groups in total. The SMILES string of the molecule is C=CCN1C(=O)C(CC)(CC)Oc2cc(O)ccc21. The van der Waals surface area contributed by atoms with Crippen molar-refractivity contribution in [3.63, 3.8) is 0 Å². The van der Waals surface area contributed by atoms with Crippen LogP contribution in [-0.4, -0.2) is 23.2 Å². The van der Waals surface area contributed by atoms with E-state index in [1.54, 1.807) is 29.2 Å². The lowest BCUT2D eigenvalue weighted by Crippen LogP contribution is -2.55. The van der Waals surface area contributed by atoms with Crippen molar-refractivity contribution >= 4 is 11.6 Å². The van der Waals surface area contributed by atoms with Gasteiger partial charge in [-0.05, 0) is 25.0 Å². The minimum absolute atomic E-state index is 0.0458. The number of ether oxygens (including phenoxy) is 1. The standard InChI is InChI=1S/C15H19NO3/c1-4-9-16-12-8-7-11(17)10-13(12)19-15(5-2,6-3)14(16)18/h4,7-8,10,17H,1,5-6,9H2,2-3H3. The molecule has 0 aromatic heterocycles. The molecule has 0 fully saturated rings. The molecule has 4 heteroatoms. The van der Waals surface area contributed by atoms with E-state index in [0.717, 1.165) is 0 Å². The van der Waals surface area contributed by atoms with Gasteiger partial charge in [0.05, 0.1) is 5.69 Å². The van der Waals surface area contributed by atoms with E-state index in [0.29, 0.717) is 30.8 Å². The fourth-order valence-electron chi connectivity index (χ4n) is 2.42. The Balaban J connectivity index is 2.55. The number of hydrogen-bond donors (Lipinski definition) is 1. The number of aromatic hydroxyl groups is 1. The normalized spacial score (nSPS) is 16.7. The second-order valence-electron chi connectivity index (χ2n) is 4.66. The average molecular weight is 261 g/mol. The molecule has 1 aromatic carbocycles. The minimum Gasteiger partial charge on any atom is -0.508 e. The third kappa shape index (κ3) is 2.07. The molecule has 0 atom stereocenters. The van der Waals surface area contributed by atoms with Crippen molar-refractivity contribution in [3.05, 3.63) is 30.9 Å². The second kappa shape index (κ2) is 4.96. The fourth-order valence-corrected chi connectivity index (χ4v) is 2.42. The van der Waals surface area contributed by atoms with Crippen molar-refractivity contribution in [3.8, 4) is 11.5 Å². The summed E-state index contributed by atoms with van der Waals surface area (Å²) in [5.74, 6) is 0.633. The van der Waals surface area contributed by atoms with E-state index in [9.17, 15) is 9.90 Å². The highest BCUT2D eigenvalue weighted by Crippen LogP contribution is 2.42. The molecule has 4 nitrogen and oxygen atoms in total. The molecule has 2 rings (SSSR count). The van der Waals surface area contributed by atoms with E-state index in [-0.39, 0.29) is 11.7 Å². The first kappa shape index (κ1) is 13.5. The Kier molecular flexibility index (Phi) is 3.51. The van der Waals surface area contributed by atoms with Gasteiger partial charge in [0, 0.05) is 12.6 Å². The number of amides is 1. The number of phenolic OH excluding ortho intramolecular Hbond substituents is 1. The molecule has 0 saturated carbocycles. The Morgan fingerprint density at radius 3 is 2.68 bits per heavy atom. The van der Waals surface area contributed by atoms with Crippen molar-refractivity contribution in [2.75, 3.05) is 11.4 Å². The van der Waals surface area contributed by atoms with Crippen LogP contribution in [0.3, 0.4) is 0 Å². The number of phenols is 1. The van der Waals surface area contributed by atoms with Gasteiger partial charge in [-0.25, -0.2) is 0 Å². The van der Waals surface area contributed by atoms with Crippen molar-refractivity contribution in [2.45, 2.75) is 32.3 Å². The molecule has 102 valence electrons. The van der Waals surface area contributed by atoms with Gasteiger partial charge in [0.15, 0.2) is 5.60 Å². The minimum atomic E-state index is -0.843. The summed E-state index contributed by atoms with van der Waals surface area (Å²) in [6, 6.07) is 4.80. The van der Waals surface area contributed by atoms with Crippen LogP contribution in [0, 0.1) is 0 Å². The summed E-state index contributed by atoms with van der Waals surface area (Å²) in [4.78, 5) is 14.3. The summed E-state index contributed by atoms with van der Waals surface area (Å²) in [5, 5.41) is 9.58. The van der Waals surface area contributed by atoms with Gasteiger partial charge in [-0.2, -0.15) is 0 Å². The van der Waals surface area contributed by atoms with Gasteiger partial charge in [0.1, 0.15) is 11.5 Å². The Labute approximate surface area is 113 Å². The van der Waals surface area contributed by atoms with E-state index >= 15 is 0 Å². The van der Waals surface area contributed by atoms with Gasteiger partial charge in [-0.3, -0.25) is 4.79 Å². The number of rotatable bonds is 4. The number of anilines is 1. The first-order valence-corrected chi connectivity index (χ1v) is 6.53. The first-order chi connectivity index (χ1) is 9.07. The number of fused-ring (bicyclic) bond motifs is 1. The lowest BCUT2D eigenvalue weighted by atomic mass is 9.92. The second-order valence-corrected chi connectivity index (χ2v) is 4.66. The van der Waals surface area contributed by atoms with Gasteiger partial charge < -0.3 is 14.7 Å². The highest BCUT2D eigenvalue weighted by atomic mass is 16.5. The van der Waals surface area contributed by atoms with E-state index < -0.39 is 5.60 Å². The van der Waals surface area contributed by atoms with Crippen LogP contribution in [-0.2, 0) is 4.79 Å². The highest BCUT2D eigenvalue weighted by molar-refractivity contribution is 6.03. The first-order valence-electron chi connectivity index (χ1n) is 6.53. The van der Waals surface area contributed by atoms with Crippen molar-refractivity contribution in [2.24, 2.45) is 0 Å². The average Bonchev–Trinajstić information content (AvgIpc) is 2.42. The van der Waals surface area contributed by atoms with Gasteiger partial charge in [0.25, 0.3) is 5.91 Å². The molecule has 1 aromatic rings. The molecule has 0 spiro atoms. The molecule has 0 unspecified atom stereocenters. The van der Waals surface area contributed by atoms with Crippen molar-refractivity contribution in [1.29, 1.82) is 0 Å². The zero-order valence-corrected chi connectivity index (χ0v) is 11.3. The van der Waals surface area contributed by atoms with Gasteiger partial charge in [-0.15, -0.1) is 6.58 Å². The summed E-state index contributed by atoms with van der Waals surface area (Å²) >= 11 is 0. The summed E-state index contributed by atoms with van der Waals surface area (Å²) < 4.78 is 5.90. The molecule has 0 aliphatic carbocycles. The molecule has 1 aliphatic heterocycles. The molecule has 1 aliphatic rings. The topological polar surface area (TPSA) is 49.8 Å². The molecular formula is C15H19NO3. The predicted octanol–water partition coefficient (Wildman–Crippen LogP) is 2.86. The molecule has 1 heterocycles. The maximum atomic E-state index is 12.6. The van der Waals surface area contributed by atoms with Crippen LogP contribution < -0.4 is 9.64 Å². The van der Waals surface area contributed by atoms with E-state index in [1.807, 2.05) is 13.8 Å². The summed E-state index contributed by atoms with van der Waals surface area (Å²) in [6.07, 6.45) is 2.87. The van der Waals surface area contributed by atoms with Gasteiger partial charge in [0.2, 0.25) is 0 Å². The molecule has 0 bridgehead atoms. The third-order valence-electron chi connectivity index (χ3n) is 3.63. The van der Waals surface area contributed by atoms with Crippen LogP contribution >= 0.6 is 0 Å². The van der Waals surface area contributed by atoms with Gasteiger partial charge >= 0.3 is 0 Å². The Morgan fingerprint density at radius 1 is 1.42 bits per heavy atom. The van der Waals surface area contributed by atoms with Crippen molar-refractivity contribution < 1.29 is 14.6 Å².